The van der Waals surface area contributed by atoms with Gasteiger partial charge in [-0.2, -0.15) is 15.3 Å². The van der Waals surface area contributed by atoms with Crippen molar-refractivity contribution in [1.29, 1.82) is 5.26 Å². The lowest BCUT2D eigenvalue weighted by atomic mass is 9.92. The summed E-state index contributed by atoms with van der Waals surface area (Å²) in [6.45, 7) is 2.52. The first-order valence-electron chi connectivity index (χ1n) is 14.9. The standard InChI is InChI=1S/C33H37N5O3/c1-2-5-30-29(18-22-8-10-23(11-9-22)28-7-4-3-6-25(28)19-34)32(40)37(33-35-21-36-38(30)33)26-14-16-27(17-15-26)41-20-31(39)24-12-13-24/h3-4,6-11,21,24,26-27,31,39H,2,5,12-18,20H2,1H3. The number of hydrogen-bond acceptors (Lipinski definition) is 6. The quantitative estimate of drug-likeness (QED) is 0.289. The Balaban J connectivity index is 1.27. The summed E-state index contributed by atoms with van der Waals surface area (Å²) in [6.07, 6.45) is 9.01. The third-order valence-electron chi connectivity index (χ3n) is 8.68. The molecule has 2 aliphatic carbocycles. The first-order chi connectivity index (χ1) is 20.1. The number of benzene rings is 2. The van der Waals surface area contributed by atoms with Gasteiger partial charge in [-0.3, -0.25) is 9.36 Å². The predicted molar refractivity (Wildman–Crippen MR) is 157 cm³/mol. The molecule has 0 spiro atoms. The molecule has 2 heterocycles. The minimum Gasteiger partial charge on any atom is -0.390 e. The van der Waals surface area contributed by atoms with E-state index in [-0.39, 0.29) is 23.8 Å². The maximum absolute atomic E-state index is 14.2. The molecule has 0 radical (unpaired) electrons. The third kappa shape index (κ3) is 5.70. The van der Waals surface area contributed by atoms with Crippen LogP contribution >= 0.6 is 0 Å². The highest BCUT2D eigenvalue weighted by Gasteiger charge is 2.32. The van der Waals surface area contributed by atoms with Crippen LogP contribution in [0, 0.1) is 17.2 Å². The molecular formula is C33H37N5O3. The van der Waals surface area contributed by atoms with Crippen molar-refractivity contribution in [2.24, 2.45) is 5.92 Å². The molecule has 0 saturated heterocycles. The van der Waals surface area contributed by atoms with Gasteiger partial charge in [-0.1, -0.05) is 55.8 Å². The highest BCUT2D eigenvalue weighted by atomic mass is 16.5. The lowest BCUT2D eigenvalue weighted by molar-refractivity contribution is -0.0347. The van der Waals surface area contributed by atoms with E-state index in [4.69, 9.17) is 4.74 Å². The number of ether oxygens (including phenoxy) is 1. The van der Waals surface area contributed by atoms with Crippen molar-refractivity contribution in [1.82, 2.24) is 19.2 Å². The smallest absolute Gasteiger partial charge is 0.259 e. The van der Waals surface area contributed by atoms with E-state index in [0.717, 1.165) is 79.3 Å². The topological polar surface area (TPSA) is 105 Å². The fourth-order valence-corrected chi connectivity index (χ4v) is 6.24. The number of nitriles is 1. The van der Waals surface area contributed by atoms with E-state index in [1.807, 2.05) is 57.6 Å². The van der Waals surface area contributed by atoms with Gasteiger partial charge in [-0.25, -0.2) is 4.52 Å². The Labute approximate surface area is 240 Å². The molecule has 1 unspecified atom stereocenters. The number of aryl methyl sites for hydroxylation is 1. The second-order valence-corrected chi connectivity index (χ2v) is 11.5. The molecule has 8 heteroatoms. The van der Waals surface area contributed by atoms with Gasteiger partial charge in [0.25, 0.3) is 5.56 Å². The predicted octanol–water partition coefficient (Wildman–Crippen LogP) is 5.24. The van der Waals surface area contributed by atoms with Gasteiger partial charge in [0.2, 0.25) is 5.78 Å². The minimum atomic E-state index is -0.352. The summed E-state index contributed by atoms with van der Waals surface area (Å²) >= 11 is 0. The molecule has 1 N–H and O–H groups in total. The summed E-state index contributed by atoms with van der Waals surface area (Å²) in [5.41, 5.74) is 5.27. The molecule has 0 aliphatic heterocycles. The van der Waals surface area contributed by atoms with Gasteiger partial charge in [-0.05, 0) is 73.6 Å². The average molecular weight is 552 g/mol. The van der Waals surface area contributed by atoms with Crippen molar-refractivity contribution in [3.05, 3.63) is 87.6 Å². The summed E-state index contributed by atoms with van der Waals surface area (Å²) in [5.74, 6) is 1.02. The number of fused-ring (bicyclic) bond motifs is 1. The summed E-state index contributed by atoms with van der Waals surface area (Å²) in [7, 11) is 0. The molecule has 1 atom stereocenters. The fraction of sp³-hybridized carbons (Fsp3) is 0.455. The van der Waals surface area contributed by atoms with Gasteiger partial charge in [0.1, 0.15) is 6.33 Å². The lowest BCUT2D eigenvalue weighted by Crippen LogP contribution is -2.35. The first-order valence-corrected chi connectivity index (χ1v) is 14.9. The molecule has 8 nitrogen and oxygen atoms in total. The minimum absolute atomic E-state index is 0.0152. The molecule has 2 fully saturated rings. The number of nitrogens with zero attached hydrogens (tertiary/aromatic N) is 5. The van der Waals surface area contributed by atoms with Gasteiger partial charge >= 0.3 is 0 Å². The first kappa shape index (κ1) is 27.4. The highest BCUT2D eigenvalue weighted by molar-refractivity contribution is 5.70. The monoisotopic (exact) mass is 551 g/mol. The average Bonchev–Trinajstić information content (AvgIpc) is 3.76. The normalized spacial score (nSPS) is 19.7. The zero-order valence-electron chi connectivity index (χ0n) is 23.6. The van der Waals surface area contributed by atoms with Gasteiger partial charge in [0.15, 0.2) is 0 Å². The van der Waals surface area contributed by atoms with Gasteiger partial charge in [0.05, 0.1) is 36.1 Å². The summed E-state index contributed by atoms with van der Waals surface area (Å²) < 4.78 is 9.79. The Bertz CT molecular complexity index is 1600. The van der Waals surface area contributed by atoms with E-state index < -0.39 is 0 Å². The highest BCUT2D eigenvalue weighted by Crippen LogP contribution is 2.34. The van der Waals surface area contributed by atoms with Gasteiger partial charge in [0, 0.05) is 18.0 Å². The van der Waals surface area contributed by atoms with Crippen molar-refractivity contribution < 1.29 is 9.84 Å². The van der Waals surface area contributed by atoms with Crippen LogP contribution in [0.25, 0.3) is 16.9 Å². The van der Waals surface area contributed by atoms with Crippen LogP contribution < -0.4 is 5.56 Å². The molecule has 2 aliphatic rings. The zero-order chi connectivity index (χ0) is 28.3. The van der Waals surface area contributed by atoms with E-state index in [0.29, 0.717) is 30.3 Å². The Morgan fingerprint density at radius 1 is 1.07 bits per heavy atom. The van der Waals surface area contributed by atoms with E-state index in [1.54, 1.807) is 6.33 Å². The molecule has 212 valence electrons. The Morgan fingerprint density at radius 2 is 1.83 bits per heavy atom. The number of hydrogen-bond donors (Lipinski definition) is 1. The van der Waals surface area contributed by atoms with Crippen molar-refractivity contribution in [2.45, 2.75) is 83.0 Å². The summed E-state index contributed by atoms with van der Waals surface area (Å²) in [6, 6.07) is 18.0. The van der Waals surface area contributed by atoms with Gasteiger partial charge < -0.3 is 9.84 Å². The third-order valence-corrected chi connectivity index (χ3v) is 8.68. The number of rotatable bonds is 10. The van der Waals surface area contributed by atoms with Crippen LogP contribution in [0.15, 0.2) is 59.7 Å². The molecule has 0 bridgehead atoms. The molecule has 4 aromatic rings. The van der Waals surface area contributed by atoms with Crippen LogP contribution in [0.2, 0.25) is 0 Å². The van der Waals surface area contributed by atoms with Crippen LogP contribution in [0.4, 0.5) is 0 Å². The largest absolute Gasteiger partial charge is 0.390 e. The Hall–Kier alpha value is -3.80. The maximum atomic E-state index is 14.2. The van der Waals surface area contributed by atoms with Crippen LogP contribution in [-0.2, 0) is 17.6 Å². The van der Waals surface area contributed by atoms with E-state index in [9.17, 15) is 15.2 Å². The van der Waals surface area contributed by atoms with E-state index >= 15 is 0 Å². The van der Waals surface area contributed by atoms with Crippen LogP contribution in [0.5, 0.6) is 0 Å². The summed E-state index contributed by atoms with van der Waals surface area (Å²) in [4.78, 5) is 18.7. The number of aromatic nitrogens is 4. The van der Waals surface area contributed by atoms with Gasteiger partial charge in [-0.15, -0.1) is 0 Å². The summed E-state index contributed by atoms with van der Waals surface area (Å²) in [5, 5.41) is 24.3. The second kappa shape index (κ2) is 12.0. The zero-order valence-corrected chi connectivity index (χ0v) is 23.6. The van der Waals surface area contributed by atoms with Crippen molar-refractivity contribution in [3.63, 3.8) is 0 Å². The molecule has 6 rings (SSSR count). The van der Waals surface area contributed by atoms with Crippen molar-refractivity contribution in [3.8, 4) is 17.2 Å². The maximum Gasteiger partial charge on any atom is 0.259 e. The Morgan fingerprint density at radius 3 is 2.54 bits per heavy atom. The molecule has 2 saturated carbocycles. The second-order valence-electron chi connectivity index (χ2n) is 11.5. The molecular weight excluding hydrogens is 514 g/mol. The molecule has 41 heavy (non-hydrogen) atoms. The molecule has 2 aromatic heterocycles. The van der Waals surface area contributed by atoms with E-state index in [1.165, 1.54) is 0 Å². The molecule has 2 aromatic carbocycles. The number of aliphatic hydroxyl groups is 1. The van der Waals surface area contributed by atoms with E-state index in [2.05, 4.69) is 23.1 Å². The molecule has 0 amide bonds. The van der Waals surface area contributed by atoms with Crippen molar-refractivity contribution >= 4 is 5.78 Å². The fourth-order valence-electron chi connectivity index (χ4n) is 6.24. The Kier molecular flexibility index (Phi) is 8.00. The van der Waals surface area contributed by atoms with Crippen LogP contribution in [0.1, 0.15) is 80.3 Å². The number of aliphatic hydroxyl groups excluding tert-OH is 1. The van der Waals surface area contributed by atoms with Crippen LogP contribution in [-0.4, -0.2) is 43.1 Å². The van der Waals surface area contributed by atoms with Crippen molar-refractivity contribution in [2.75, 3.05) is 6.61 Å². The SMILES string of the molecule is CCCc1c(Cc2ccc(-c3ccccc3C#N)cc2)c(=O)n(C2CCC(OCC(O)C3CC3)CC2)c2ncnn12. The van der Waals surface area contributed by atoms with Crippen LogP contribution in [0.3, 0.4) is 0 Å². The lowest BCUT2D eigenvalue weighted by Gasteiger charge is -2.31.